The number of nitrogens with zero attached hydrogens (tertiary/aromatic N) is 1. The van der Waals surface area contributed by atoms with Gasteiger partial charge in [0.15, 0.2) is 0 Å². The highest BCUT2D eigenvalue weighted by Gasteiger charge is 2.00. The van der Waals surface area contributed by atoms with Crippen molar-refractivity contribution >= 4 is 5.69 Å². The first-order valence-electron chi connectivity index (χ1n) is 5.72. The van der Waals surface area contributed by atoms with Gasteiger partial charge in [-0.15, -0.1) is 0 Å². The molecule has 0 aliphatic carbocycles. The number of hydrogen-bond donors (Lipinski definition) is 2. The first-order valence-corrected chi connectivity index (χ1v) is 5.72. The highest BCUT2D eigenvalue weighted by Crippen LogP contribution is 2.15. The SMILES string of the molecule is COCCNCCNc1cc(C)ccc1C#N. The Bertz CT molecular complexity index is 385. The number of anilines is 1. The maximum atomic E-state index is 8.96. The van der Waals surface area contributed by atoms with Crippen LogP contribution in [-0.4, -0.2) is 33.4 Å². The Morgan fingerprint density at radius 1 is 1.29 bits per heavy atom. The molecule has 4 heteroatoms. The molecule has 92 valence electrons. The Morgan fingerprint density at radius 3 is 2.82 bits per heavy atom. The lowest BCUT2D eigenvalue weighted by Crippen LogP contribution is -2.25. The van der Waals surface area contributed by atoms with E-state index < -0.39 is 0 Å². The molecule has 0 unspecified atom stereocenters. The standard InChI is InChI=1S/C13H19N3O/c1-11-3-4-12(10-14)13(9-11)16-6-5-15-7-8-17-2/h3-4,9,15-16H,5-8H2,1-2H3. The van der Waals surface area contributed by atoms with Crippen molar-refractivity contribution in [3.8, 4) is 6.07 Å². The zero-order valence-corrected chi connectivity index (χ0v) is 10.4. The minimum atomic E-state index is 0.687. The van der Waals surface area contributed by atoms with Gasteiger partial charge in [0.25, 0.3) is 0 Å². The summed E-state index contributed by atoms with van der Waals surface area (Å²) in [5.74, 6) is 0. The number of hydrogen-bond acceptors (Lipinski definition) is 4. The molecule has 1 aromatic rings. The van der Waals surface area contributed by atoms with Crippen molar-refractivity contribution in [1.29, 1.82) is 5.26 Å². The minimum Gasteiger partial charge on any atom is -0.383 e. The van der Waals surface area contributed by atoms with Gasteiger partial charge in [0.05, 0.1) is 17.9 Å². The van der Waals surface area contributed by atoms with Crippen LogP contribution in [-0.2, 0) is 4.74 Å². The molecule has 0 saturated heterocycles. The van der Waals surface area contributed by atoms with Crippen molar-refractivity contribution in [1.82, 2.24) is 5.32 Å². The van der Waals surface area contributed by atoms with Crippen molar-refractivity contribution in [3.05, 3.63) is 29.3 Å². The Kier molecular flexibility index (Phi) is 6.08. The summed E-state index contributed by atoms with van der Waals surface area (Å²) in [5, 5.41) is 15.5. The second-order valence-corrected chi connectivity index (χ2v) is 3.83. The summed E-state index contributed by atoms with van der Waals surface area (Å²) in [6.45, 7) is 5.22. The molecule has 0 saturated carbocycles. The quantitative estimate of drug-likeness (QED) is 0.701. The predicted molar refractivity (Wildman–Crippen MR) is 69.1 cm³/mol. The second-order valence-electron chi connectivity index (χ2n) is 3.83. The Labute approximate surface area is 103 Å². The highest BCUT2D eigenvalue weighted by atomic mass is 16.5. The molecule has 1 rings (SSSR count). The molecule has 17 heavy (non-hydrogen) atoms. The number of aryl methyl sites for hydroxylation is 1. The van der Waals surface area contributed by atoms with E-state index in [9.17, 15) is 0 Å². The summed E-state index contributed by atoms with van der Waals surface area (Å²) >= 11 is 0. The van der Waals surface area contributed by atoms with E-state index in [1.165, 1.54) is 0 Å². The van der Waals surface area contributed by atoms with Gasteiger partial charge in [-0.1, -0.05) is 6.07 Å². The zero-order valence-electron chi connectivity index (χ0n) is 10.4. The van der Waals surface area contributed by atoms with Gasteiger partial charge >= 0.3 is 0 Å². The van der Waals surface area contributed by atoms with Gasteiger partial charge in [-0.3, -0.25) is 0 Å². The normalized spacial score (nSPS) is 9.94. The van der Waals surface area contributed by atoms with E-state index in [-0.39, 0.29) is 0 Å². The molecule has 0 fully saturated rings. The molecule has 1 aromatic carbocycles. The maximum absolute atomic E-state index is 8.96. The van der Waals surface area contributed by atoms with Gasteiger partial charge in [-0.25, -0.2) is 0 Å². The largest absolute Gasteiger partial charge is 0.383 e. The number of methoxy groups -OCH3 is 1. The second kappa shape index (κ2) is 7.66. The third-order valence-corrected chi connectivity index (χ3v) is 2.40. The Hall–Kier alpha value is -1.57. The Morgan fingerprint density at radius 2 is 2.12 bits per heavy atom. The lowest BCUT2D eigenvalue weighted by atomic mass is 10.1. The van der Waals surface area contributed by atoms with Crippen LogP contribution in [0, 0.1) is 18.3 Å². The van der Waals surface area contributed by atoms with Crippen LogP contribution < -0.4 is 10.6 Å². The van der Waals surface area contributed by atoms with Crippen molar-refractivity contribution in [2.45, 2.75) is 6.92 Å². The van der Waals surface area contributed by atoms with E-state index >= 15 is 0 Å². The maximum Gasteiger partial charge on any atom is 0.101 e. The van der Waals surface area contributed by atoms with E-state index in [1.807, 2.05) is 25.1 Å². The average molecular weight is 233 g/mol. The molecule has 0 aliphatic heterocycles. The van der Waals surface area contributed by atoms with Crippen LogP contribution in [0.2, 0.25) is 0 Å². The third kappa shape index (κ3) is 4.85. The monoisotopic (exact) mass is 233 g/mol. The van der Waals surface area contributed by atoms with E-state index in [1.54, 1.807) is 7.11 Å². The van der Waals surface area contributed by atoms with Crippen LogP contribution >= 0.6 is 0 Å². The number of nitriles is 1. The highest BCUT2D eigenvalue weighted by molar-refractivity contribution is 5.58. The molecule has 0 radical (unpaired) electrons. The third-order valence-electron chi connectivity index (χ3n) is 2.40. The van der Waals surface area contributed by atoms with Gasteiger partial charge in [0, 0.05) is 26.7 Å². The van der Waals surface area contributed by atoms with Crippen LogP contribution in [0.4, 0.5) is 5.69 Å². The van der Waals surface area contributed by atoms with Crippen LogP contribution in [0.25, 0.3) is 0 Å². The van der Waals surface area contributed by atoms with E-state index in [2.05, 4.69) is 16.7 Å². The van der Waals surface area contributed by atoms with Gasteiger partial charge in [0.2, 0.25) is 0 Å². The molecule has 0 spiro atoms. The van der Waals surface area contributed by atoms with E-state index in [4.69, 9.17) is 10.00 Å². The molecular formula is C13H19N3O. The number of benzene rings is 1. The van der Waals surface area contributed by atoms with Crippen molar-refractivity contribution in [2.75, 3.05) is 38.7 Å². The molecule has 4 nitrogen and oxygen atoms in total. The number of rotatable bonds is 7. The molecule has 0 aromatic heterocycles. The summed E-state index contributed by atoms with van der Waals surface area (Å²) in [7, 11) is 1.69. The van der Waals surface area contributed by atoms with Crippen molar-refractivity contribution in [3.63, 3.8) is 0 Å². The lowest BCUT2D eigenvalue weighted by Gasteiger charge is -2.09. The van der Waals surface area contributed by atoms with Gasteiger partial charge in [-0.2, -0.15) is 5.26 Å². The van der Waals surface area contributed by atoms with Gasteiger partial charge in [0.1, 0.15) is 6.07 Å². The molecule has 0 bridgehead atoms. The van der Waals surface area contributed by atoms with Crippen LogP contribution in [0.3, 0.4) is 0 Å². The predicted octanol–water partition coefficient (Wildman–Crippen LogP) is 1.51. The summed E-state index contributed by atoms with van der Waals surface area (Å²) in [6.07, 6.45) is 0. The van der Waals surface area contributed by atoms with E-state index in [0.717, 1.165) is 30.9 Å². The minimum absolute atomic E-state index is 0.687. The zero-order chi connectivity index (χ0) is 12.5. The summed E-state index contributed by atoms with van der Waals surface area (Å²) in [5.41, 5.74) is 2.74. The Balaban J connectivity index is 2.36. The van der Waals surface area contributed by atoms with Crippen LogP contribution in [0.5, 0.6) is 0 Å². The van der Waals surface area contributed by atoms with Gasteiger partial charge in [-0.05, 0) is 24.6 Å². The molecule has 0 aliphatic rings. The average Bonchev–Trinajstić information content (AvgIpc) is 2.34. The lowest BCUT2D eigenvalue weighted by molar-refractivity contribution is 0.200. The van der Waals surface area contributed by atoms with Crippen molar-refractivity contribution in [2.24, 2.45) is 0 Å². The first-order chi connectivity index (χ1) is 8.27. The smallest absolute Gasteiger partial charge is 0.101 e. The summed E-state index contributed by atoms with van der Waals surface area (Å²) in [4.78, 5) is 0. The molecule has 0 atom stereocenters. The van der Waals surface area contributed by atoms with Crippen LogP contribution in [0.1, 0.15) is 11.1 Å². The van der Waals surface area contributed by atoms with Gasteiger partial charge < -0.3 is 15.4 Å². The first kappa shape index (κ1) is 13.5. The molecule has 0 amide bonds. The number of nitrogens with one attached hydrogen (secondary N) is 2. The van der Waals surface area contributed by atoms with Crippen molar-refractivity contribution < 1.29 is 4.74 Å². The fourth-order valence-electron chi connectivity index (χ4n) is 1.49. The molecule has 0 heterocycles. The molecular weight excluding hydrogens is 214 g/mol. The topological polar surface area (TPSA) is 57.1 Å². The fraction of sp³-hybridized carbons (Fsp3) is 0.462. The van der Waals surface area contributed by atoms with E-state index in [0.29, 0.717) is 12.2 Å². The fourth-order valence-corrected chi connectivity index (χ4v) is 1.49. The summed E-state index contributed by atoms with van der Waals surface area (Å²) in [6, 6.07) is 7.96. The number of ether oxygens (including phenoxy) is 1. The van der Waals surface area contributed by atoms with Crippen LogP contribution in [0.15, 0.2) is 18.2 Å². The summed E-state index contributed by atoms with van der Waals surface area (Å²) < 4.78 is 4.93. The molecule has 2 N–H and O–H groups in total.